The molecule has 0 spiro atoms. The van der Waals surface area contributed by atoms with Gasteiger partial charge in [0.25, 0.3) is 0 Å². The standard InChI is InChI=1S/C17H25N3O/c21-17(8-7-14-4-1-2-5-14)20-11-9-16(13-20)19-15-6-3-10-18-12-15/h3,6,10,12,14,16,19H,1-2,4-5,7-9,11,13H2/t16-/m0/s1. The maximum atomic E-state index is 12.3. The summed E-state index contributed by atoms with van der Waals surface area (Å²) in [4.78, 5) is 18.4. The SMILES string of the molecule is O=C(CCC1CCCC1)N1CC[C@H](Nc2cccnc2)C1. The van der Waals surface area contributed by atoms with Crippen molar-refractivity contribution in [2.75, 3.05) is 18.4 Å². The molecule has 0 bridgehead atoms. The topological polar surface area (TPSA) is 45.2 Å². The third-order valence-electron chi connectivity index (χ3n) is 4.81. The lowest BCUT2D eigenvalue weighted by Gasteiger charge is -2.18. The molecule has 1 saturated carbocycles. The van der Waals surface area contributed by atoms with Crippen LogP contribution in [-0.4, -0.2) is 34.9 Å². The zero-order valence-corrected chi connectivity index (χ0v) is 12.6. The van der Waals surface area contributed by atoms with Crippen molar-refractivity contribution in [3.63, 3.8) is 0 Å². The summed E-state index contributed by atoms with van der Waals surface area (Å²) in [6, 6.07) is 4.32. The van der Waals surface area contributed by atoms with E-state index >= 15 is 0 Å². The van der Waals surface area contributed by atoms with E-state index in [9.17, 15) is 4.79 Å². The van der Waals surface area contributed by atoms with E-state index in [1.54, 1.807) is 6.20 Å². The number of nitrogens with one attached hydrogen (secondary N) is 1. The Kier molecular flexibility index (Phi) is 4.73. The van der Waals surface area contributed by atoms with E-state index in [-0.39, 0.29) is 0 Å². The van der Waals surface area contributed by atoms with E-state index < -0.39 is 0 Å². The number of aromatic nitrogens is 1. The van der Waals surface area contributed by atoms with Crippen LogP contribution in [0.3, 0.4) is 0 Å². The van der Waals surface area contributed by atoms with Gasteiger partial charge < -0.3 is 10.2 Å². The van der Waals surface area contributed by atoms with E-state index in [4.69, 9.17) is 0 Å². The van der Waals surface area contributed by atoms with Crippen LogP contribution in [0.2, 0.25) is 0 Å². The fraction of sp³-hybridized carbons (Fsp3) is 0.647. The molecule has 1 aliphatic heterocycles. The van der Waals surface area contributed by atoms with E-state index in [1.807, 2.05) is 23.2 Å². The molecule has 0 unspecified atom stereocenters. The van der Waals surface area contributed by atoms with E-state index in [2.05, 4.69) is 10.3 Å². The van der Waals surface area contributed by atoms with Gasteiger partial charge in [0.1, 0.15) is 0 Å². The quantitative estimate of drug-likeness (QED) is 0.905. The number of hydrogen-bond acceptors (Lipinski definition) is 3. The van der Waals surface area contributed by atoms with Gasteiger partial charge in [0.2, 0.25) is 5.91 Å². The number of anilines is 1. The van der Waals surface area contributed by atoms with Crippen molar-refractivity contribution >= 4 is 11.6 Å². The summed E-state index contributed by atoms with van der Waals surface area (Å²) in [5.41, 5.74) is 1.04. The van der Waals surface area contributed by atoms with Crippen molar-refractivity contribution in [2.24, 2.45) is 5.92 Å². The molecule has 2 heterocycles. The van der Waals surface area contributed by atoms with Crippen molar-refractivity contribution in [1.29, 1.82) is 0 Å². The van der Waals surface area contributed by atoms with Crippen LogP contribution in [0.15, 0.2) is 24.5 Å². The van der Waals surface area contributed by atoms with Gasteiger partial charge >= 0.3 is 0 Å². The van der Waals surface area contributed by atoms with Gasteiger partial charge in [0.15, 0.2) is 0 Å². The van der Waals surface area contributed by atoms with Crippen molar-refractivity contribution < 1.29 is 4.79 Å². The summed E-state index contributed by atoms with van der Waals surface area (Å²) < 4.78 is 0. The average molecular weight is 287 g/mol. The second kappa shape index (κ2) is 6.92. The molecule has 1 aliphatic carbocycles. The van der Waals surface area contributed by atoms with Crippen LogP contribution in [0.25, 0.3) is 0 Å². The maximum absolute atomic E-state index is 12.3. The Hall–Kier alpha value is -1.58. The fourth-order valence-corrected chi connectivity index (χ4v) is 3.57. The Bertz CT molecular complexity index is 456. The third-order valence-corrected chi connectivity index (χ3v) is 4.81. The number of rotatable bonds is 5. The van der Waals surface area contributed by atoms with Crippen LogP contribution in [0, 0.1) is 5.92 Å². The van der Waals surface area contributed by atoms with Gasteiger partial charge in [-0.2, -0.15) is 0 Å². The lowest BCUT2D eigenvalue weighted by atomic mass is 10.0. The molecule has 1 aromatic heterocycles. The van der Waals surface area contributed by atoms with Gasteiger partial charge in [0.05, 0.1) is 5.69 Å². The number of amides is 1. The predicted octanol–water partition coefficient (Wildman–Crippen LogP) is 3.06. The smallest absolute Gasteiger partial charge is 0.222 e. The highest BCUT2D eigenvalue weighted by molar-refractivity contribution is 5.76. The molecule has 3 rings (SSSR count). The van der Waals surface area contributed by atoms with Gasteiger partial charge in [-0.05, 0) is 30.9 Å². The summed E-state index contributed by atoms with van der Waals surface area (Å²) >= 11 is 0. The van der Waals surface area contributed by atoms with Crippen molar-refractivity contribution in [1.82, 2.24) is 9.88 Å². The van der Waals surface area contributed by atoms with E-state index in [1.165, 1.54) is 25.7 Å². The number of nitrogens with zero attached hydrogens (tertiary/aromatic N) is 2. The second-order valence-corrected chi connectivity index (χ2v) is 6.40. The normalized spacial score (nSPS) is 22.7. The predicted molar refractivity (Wildman–Crippen MR) is 84.0 cm³/mol. The van der Waals surface area contributed by atoms with Gasteiger partial charge in [-0.1, -0.05) is 25.7 Å². The summed E-state index contributed by atoms with van der Waals surface area (Å²) in [6.07, 6.45) is 11.9. The third kappa shape index (κ3) is 3.96. The summed E-state index contributed by atoms with van der Waals surface area (Å²) in [7, 11) is 0. The molecule has 21 heavy (non-hydrogen) atoms. The van der Waals surface area contributed by atoms with Crippen molar-refractivity contribution in [3.05, 3.63) is 24.5 Å². The Morgan fingerprint density at radius 3 is 2.95 bits per heavy atom. The molecule has 0 aromatic carbocycles. The Labute approximate surface area is 126 Å². The van der Waals surface area contributed by atoms with Crippen LogP contribution in [0.1, 0.15) is 44.9 Å². The van der Waals surface area contributed by atoms with Crippen LogP contribution >= 0.6 is 0 Å². The lowest BCUT2D eigenvalue weighted by Crippen LogP contribution is -2.31. The maximum Gasteiger partial charge on any atom is 0.222 e. The Morgan fingerprint density at radius 2 is 2.19 bits per heavy atom. The molecule has 2 fully saturated rings. The van der Waals surface area contributed by atoms with Gasteiger partial charge in [-0.3, -0.25) is 9.78 Å². The van der Waals surface area contributed by atoms with Gasteiger partial charge in [0, 0.05) is 37.9 Å². The molecule has 1 atom stereocenters. The first kappa shape index (κ1) is 14.4. The molecule has 4 heteroatoms. The molecule has 1 aromatic rings. The molecule has 1 N–H and O–H groups in total. The largest absolute Gasteiger partial charge is 0.379 e. The first-order valence-corrected chi connectivity index (χ1v) is 8.25. The summed E-state index contributed by atoms with van der Waals surface area (Å²) in [5, 5.41) is 3.47. The first-order chi connectivity index (χ1) is 10.3. The monoisotopic (exact) mass is 287 g/mol. The number of carbonyl (C=O) groups is 1. The highest BCUT2D eigenvalue weighted by Gasteiger charge is 2.26. The molecular weight excluding hydrogens is 262 g/mol. The molecule has 1 amide bonds. The zero-order chi connectivity index (χ0) is 14.5. The summed E-state index contributed by atoms with van der Waals surface area (Å²) in [6.45, 7) is 1.72. The average Bonchev–Trinajstić information content (AvgIpc) is 3.17. The first-order valence-electron chi connectivity index (χ1n) is 8.25. The molecule has 4 nitrogen and oxygen atoms in total. The Morgan fingerprint density at radius 1 is 1.33 bits per heavy atom. The van der Waals surface area contributed by atoms with Crippen LogP contribution in [0.4, 0.5) is 5.69 Å². The number of hydrogen-bond donors (Lipinski definition) is 1. The molecule has 0 radical (unpaired) electrons. The minimum absolute atomic E-state index is 0.345. The van der Waals surface area contributed by atoms with Crippen LogP contribution < -0.4 is 5.32 Å². The summed E-state index contributed by atoms with van der Waals surface area (Å²) in [5.74, 6) is 1.15. The Balaban J connectivity index is 1.42. The molecule has 1 saturated heterocycles. The van der Waals surface area contributed by atoms with E-state index in [0.29, 0.717) is 11.9 Å². The number of carbonyl (C=O) groups excluding carboxylic acids is 1. The van der Waals surface area contributed by atoms with Crippen LogP contribution in [0.5, 0.6) is 0 Å². The van der Waals surface area contributed by atoms with Gasteiger partial charge in [-0.15, -0.1) is 0 Å². The zero-order valence-electron chi connectivity index (χ0n) is 12.6. The fourth-order valence-electron chi connectivity index (χ4n) is 3.57. The minimum Gasteiger partial charge on any atom is -0.379 e. The van der Waals surface area contributed by atoms with Crippen molar-refractivity contribution in [2.45, 2.75) is 51.0 Å². The van der Waals surface area contributed by atoms with Crippen LogP contribution in [-0.2, 0) is 4.79 Å². The molecule has 2 aliphatic rings. The second-order valence-electron chi connectivity index (χ2n) is 6.40. The minimum atomic E-state index is 0.345. The van der Waals surface area contributed by atoms with E-state index in [0.717, 1.165) is 44.0 Å². The number of pyridine rings is 1. The highest BCUT2D eigenvalue weighted by atomic mass is 16.2. The van der Waals surface area contributed by atoms with Crippen molar-refractivity contribution in [3.8, 4) is 0 Å². The van der Waals surface area contributed by atoms with Gasteiger partial charge in [-0.25, -0.2) is 0 Å². The molecule has 114 valence electrons. The number of likely N-dealkylation sites (tertiary alicyclic amines) is 1. The highest BCUT2D eigenvalue weighted by Crippen LogP contribution is 2.29. The molecular formula is C17H25N3O. The lowest BCUT2D eigenvalue weighted by molar-refractivity contribution is -0.130.